The Kier molecular flexibility index (Phi) is 48.6. The van der Waals surface area contributed by atoms with E-state index in [0.717, 1.165) is 83.5 Å². The highest BCUT2D eigenvalue weighted by Crippen LogP contribution is 2.16. The Hall–Kier alpha value is -1.66. The topological polar surface area (TPSA) is 95.9 Å². The van der Waals surface area contributed by atoms with Gasteiger partial charge in [-0.05, 0) is 77.0 Å². The van der Waals surface area contributed by atoms with Crippen LogP contribution in [0, 0.1) is 0 Å². The van der Waals surface area contributed by atoms with Crippen LogP contribution in [0.5, 0.6) is 0 Å². The van der Waals surface area contributed by atoms with Gasteiger partial charge in [0.25, 0.3) is 0 Å². The van der Waals surface area contributed by atoms with Gasteiger partial charge in [0.2, 0.25) is 5.91 Å². The summed E-state index contributed by atoms with van der Waals surface area (Å²) in [4.78, 5) is 24.5. The molecule has 6 heteroatoms. The number of carbonyl (C=O) groups excluding carboxylic acids is 2. The van der Waals surface area contributed by atoms with Crippen LogP contribution in [0.4, 0.5) is 0 Å². The Balaban J connectivity index is 3.52. The van der Waals surface area contributed by atoms with Crippen LogP contribution in [0.1, 0.15) is 284 Å². The minimum atomic E-state index is -0.683. The maximum Gasteiger partial charge on any atom is 0.305 e. The average molecular weight is 846 g/mol. The molecule has 1 amide bonds. The fourth-order valence-corrected chi connectivity index (χ4v) is 8.10. The van der Waals surface area contributed by atoms with E-state index in [9.17, 15) is 19.8 Å². The third-order valence-electron chi connectivity index (χ3n) is 12.2. The van der Waals surface area contributed by atoms with Gasteiger partial charge in [-0.2, -0.15) is 0 Å². The quantitative estimate of drug-likeness (QED) is 0.0322. The molecule has 0 bridgehead atoms. The number of allylic oxidation sites excluding steroid dienone is 4. The third kappa shape index (κ3) is 45.9. The van der Waals surface area contributed by atoms with Gasteiger partial charge in [-0.15, -0.1) is 0 Å². The maximum absolute atomic E-state index is 12.5. The highest BCUT2D eigenvalue weighted by Gasteiger charge is 2.20. The molecule has 0 saturated heterocycles. The Morgan fingerprint density at radius 3 is 1.18 bits per heavy atom. The highest BCUT2D eigenvalue weighted by atomic mass is 16.5. The van der Waals surface area contributed by atoms with Gasteiger partial charge in [0.05, 0.1) is 25.4 Å². The van der Waals surface area contributed by atoms with Crippen LogP contribution in [-0.2, 0) is 14.3 Å². The van der Waals surface area contributed by atoms with Gasteiger partial charge in [0.1, 0.15) is 0 Å². The molecule has 0 saturated carbocycles. The smallest absolute Gasteiger partial charge is 0.305 e. The van der Waals surface area contributed by atoms with Crippen molar-refractivity contribution >= 4 is 11.9 Å². The molecule has 0 aromatic carbocycles. The first-order valence-corrected chi connectivity index (χ1v) is 26.6. The second kappa shape index (κ2) is 50.0. The molecule has 0 aliphatic carbocycles. The summed E-state index contributed by atoms with van der Waals surface area (Å²) >= 11 is 0. The van der Waals surface area contributed by atoms with Gasteiger partial charge >= 0.3 is 5.97 Å². The molecular formula is C54H103NO5. The molecule has 0 spiro atoms. The molecule has 60 heavy (non-hydrogen) atoms. The molecule has 354 valence electrons. The first kappa shape index (κ1) is 58.3. The highest BCUT2D eigenvalue weighted by molar-refractivity contribution is 5.76. The summed E-state index contributed by atoms with van der Waals surface area (Å²) in [5, 5.41) is 23.2. The average Bonchev–Trinajstić information content (AvgIpc) is 3.25. The Morgan fingerprint density at radius 1 is 0.450 bits per heavy atom. The fourth-order valence-electron chi connectivity index (χ4n) is 8.10. The monoisotopic (exact) mass is 846 g/mol. The summed E-state index contributed by atoms with van der Waals surface area (Å²) in [5.41, 5.74) is 0. The molecule has 2 atom stereocenters. The Labute approximate surface area is 373 Å². The number of unbranched alkanes of at least 4 members (excludes halogenated alkanes) is 34. The van der Waals surface area contributed by atoms with Gasteiger partial charge in [-0.25, -0.2) is 0 Å². The molecule has 0 fully saturated rings. The number of ether oxygens (including phenoxy) is 1. The van der Waals surface area contributed by atoms with Crippen molar-refractivity contribution in [3.05, 3.63) is 24.3 Å². The zero-order valence-corrected chi connectivity index (χ0v) is 40.2. The lowest BCUT2D eigenvalue weighted by Crippen LogP contribution is -2.45. The van der Waals surface area contributed by atoms with Crippen LogP contribution in [0.3, 0.4) is 0 Å². The van der Waals surface area contributed by atoms with Crippen molar-refractivity contribution in [2.75, 3.05) is 13.2 Å². The number of nitrogens with one attached hydrogen (secondary N) is 1. The van der Waals surface area contributed by atoms with Crippen molar-refractivity contribution < 1.29 is 24.5 Å². The zero-order chi connectivity index (χ0) is 43.7. The van der Waals surface area contributed by atoms with Gasteiger partial charge in [0, 0.05) is 12.8 Å². The van der Waals surface area contributed by atoms with Crippen molar-refractivity contribution in [2.24, 2.45) is 0 Å². The number of hydrogen-bond acceptors (Lipinski definition) is 5. The molecule has 2 unspecified atom stereocenters. The van der Waals surface area contributed by atoms with Crippen LogP contribution in [-0.4, -0.2) is 47.4 Å². The number of amides is 1. The minimum absolute atomic E-state index is 0.0389. The third-order valence-corrected chi connectivity index (χ3v) is 12.2. The summed E-state index contributed by atoms with van der Waals surface area (Å²) in [7, 11) is 0. The van der Waals surface area contributed by atoms with Crippen LogP contribution >= 0.6 is 0 Å². The van der Waals surface area contributed by atoms with E-state index in [4.69, 9.17) is 4.74 Å². The largest absolute Gasteiger partial charge is 0.466 e. The molecule has 0 heterocycles. The van der Waals surface area contributed by atoms with E-state index in [0.29, 0.717) is 25.9 Å². The SMILES string of the molecule is CCCCCCCC/C=C\CCCCCCCC(=O)OCCCC/C=C\CCCCCCCC(=O)NC(CO)C(O)CCCCCCCCCCCCCCCCCCC. The molecule has 0 aliphatic heterocycles. The number of aliphatic hydroxyl groups is 2. The summed E-state index contributed by atoms with van der Waals surface area (Å²) in [6.45, 7) is 4.87. The Morgan fingerprint density at radius 2 is 0.783 bits per heavy atom. The lowest BCUT2D eigenvalue weighted by molar-refractivity contribution is -0.143. The van der Waals surface area contributed by atoms with E-state index in [2.05, 4.69) is 43.5 Å². The van der Waals surface area contributed by atoms with Crippen molar-refractivity contribution in [2.45, 2.75) is 296 Å². The first-order valence-electron chi connectivity index (χ1n) is 26.6. The van der Waals surface area contributed by atoms with E-state index >= 15 is 0 Å². The normalized spacial score (nSPS) is 12.8. The van der Waals surface area contributed by atoms with Crippen molar-refractivity contribution in [3.63, 3.8) is 0 Å². The summed E-state index contributed by atoms with van der Waals surface area (Å²) in [6, 6.07) is -0.563. The van der Waals surface area contributed by atoms with E-state index in [1.165, 1.54) is 167 Å². The van der Waals surface area contributed by atoms with E-state index < -0.39 is 12.1 Å². The van der Waals surface area contributed by atoms with Crippen molar-refractivity contribution in [3.8, 4) is 0 Å². The predicted octanol–water partition coefficient (Wildman–Crippen LogP) is 15.9. The van der Waals surface area contributed by atoms with Crippen LogP contribution in [0.15, 0.2) is 24.3 Å². The van der Waals surface area contributed by atoms with Gasteiger partial charge in [-0.3, -0.25) is 9.59 Å². The number of carbonyl (C=O) groups is 2. The number of aliphatic hydroxyl groups excluding tert-OH is 2. The standard InChI is InChI=1S/C54H103NO5/c1-3-5-7-9-11-13-15-17-19-20-22-23-26-30-34-38-42-46-52(57)51(50-56)55-53(58)47-43-39-35-31-27-25-29-33-37-41-45-49-60-54(59)48-44-40-36-32-28-24-21-18-16-14-12-10-8-6-4-2/h18,21,29,33,51-52,56-57H,3-17,19-20,22-28,30-32,34-50H2,1-2H3,(H,55,58)/b21-18-,33-29-. The van der Waals surface area contributed by atoms with Crippen molar-refractivity contribution in [1.82, 2.24) is 5.32 Å². The summed E-state index contributed by atoms with van der Waals surface area (Å²) < 4.78 is 5.43. The van der Waals surface area contributed by atoms with E-state index in [-0.39, 0.29) is 18.5 Å². The molecule has 0 aromatic heterocycles. The maximum atomic E-state index is 12.5. The predicted molar refractivity (Wildman–Crippen MR) is 260 cm³/mol. The molecular weight excluding hydrogens is 743 g/mol. The fraction of sp³-hybridized carbons (Fsp3) is 0.889. The second-order valence-corrected chi connectivity index (χ2v) is 18.2. The zero-order valence-electron chi connectivity index (χ0n) is 40.2. The molecule has 6 nitrogen and oxygen atoms in total. The molecule has 0 aliphatic rings. The van der Waals surface area contributed by atoms with E-state index in [1.54, 1.807) is 0 Å². The molecule has 3 N–H and O–H groups in total. The second-order valence-electron chi connectivity index (χ2n) is 18.2. The van der Waals surface area contributed by atoms with Gasteiger partial charge < -0.3 is 20.3 Å². The number of rotatable bonds is 49. The summed E-state index contributed by atoms with van der Waals surface area (Å²) in [6.07, 6.45) is 58.6. The van der Waals surface area contributed by atoms with Crippen LogP contribution in [0.25, 0.3) is 0 Å². The van der Waals surface area contributed by atoms with Crippen LogP contribution < -0.4 is 5.32 Å². The Bertz CT molecular complexity index is 935. The molecule has 0 radical (unpaired) electrons. The number of hydrogen-bond donors (Lipinski definition) is 3. The molecule has 0 rings (SSSR count). The van der Waals surface area contributed by atoms with Crippen molar-refractivity contribution in [1.29, 1.82) is 0 Å². The lowest BCUT2D eigenvalue weighted by atomic mass is 10.0. The van der Waals surface area contributed by atoms with Gasteiger partial charge in [0.15, 0.2) is 0 Å². The summed E-state index contributed by atoms with van der Waals surface area (Å²) in [5.74, 6) is -0.102. The number of esters is 1. The van der Waals surface area contributed by atoms with Gasteiger partial charge in [-0.1, -0.05) is 218 Å². The van der Waals surface area contributed by atoms with E-state index in [1.807, 2.05) is 0 Å². The minimum Gasteiger partial charge on any atom is -0.466 e. The lowest BCUT2D eigenvalue weighted by Gasteiger charge is -2.22. The first-order chi connectivity index (χ1) is 29.5. The molecule has 0 aromatic rings. The van der Waals surface area contributed by atoms with Crippen LogP contribution in [0.2, 0.25) is 0 Å².